The lowest BCUT2D eigenvalue weighted by molar-refractivity contribution is 0.0997. The number of hydrogen-bond donors (Lipinski definition) is 1. The highest BCUT2D eigenvalue weighted by molar-refractivity contribution is 6.36. The summed E-state index contributed by atoms with van der Waals surface area (Å²) in [5.41, 5.74) is 3.02. The van der Waals surface area contributed by atoms with Crippen LogP contribution in [0.1, 0.15) is 10.6 Å². The van der Waals surface area contributed by atoms with Crippen molar-refractivity contribution >= 4 is 57.5 Å². The van der Waals surface area contributed by atoms with E-state index in [1.165, 1.54) is 0 Å². The van der Waals surface area contributed by atoms with Crippen molar-refractivity contribution in [3.05, 3.63) is 87.6 Å². The summed E-state index contributed by atoms with van der Waals surface area (Å²) in [6.07, 6.45) is 0. The van der Waals surface area contributed by atoms with Crippen LogP contribution in [0.4, 0.5) is 5.69 Å². The third-order valence-electron chi connectivity index (χ3n) is 5.07. The number of benzene rings is 3. The van der Waals surface area contributed by atoms with Gasteiger partial charge in [-0.1, -0.05) is 34.8 Å². The summed E-state index contributed by atoms with van der Waals surface area (Å²) in [7, 11) is 1.55. The number of methoxy groups -OCH3 is 1. The number of hydrogen-bond acceptors (Lipinski definition) is 5. The fourth-order valence-corrected chi connectivity index (χ4v) is 4.17. The molecule has 5 rings (SSSR count). The van der Waals surface area contributed by atoms with Crippen LogP contribution < -0.4 is 10.1 Å². The molecule has 0 atom stereocenters. The van der Waals surface area contributed by atoms with Gasteiger partial charge >= 0.3 is 0 Å². The Bertz CT molecular complexity index is 1540. The normalized spacial score (nSPS) is 11.1. The van der Waals surface area contributed by atoms with Gasteiger partial charge in [0.1, 0.15) is 17.0 Å². The standard InChI is InChI=1S/C25H15Cl3N2O4/c1-32-21-6-2-13(10-18(21)28)25-30-19-12-15(4-7-22(19)34-25)29-24(31)23-9-8-20(33-23)16-5-3-14(26)11-17(16)27/h2-12H,1H3,(H,29,31). The second-order valence-electron chi connectivity index (χ2n) is 7.29. The van der Waals surface area contributed by atoms with E-state index >= 15 is 0 Å². The Morgan fingerprint density at radius 3 is 2.53 bits per heavy atom. The van der Waals surface area contributed by atoms with E-state index < -0.39 is 5.91 Å². The average molecular weight is 514 g/mol. The molecule has 9 heteroatoms. The first-order chi connectivity index (χ1) is 16.4. The molecule has 0 fully saturated rings. The van der Waals surface area contributed by atoms with E-state index in [0.29, 0.717) is 60.4 Å². The van der Waals surface area contributed by atoms with Crippen LogP contribution >= 0.6 is 34.8 Å². The SMILES string of the molecule is COc1ccc(-c2nc3cc(NC(=O)c4ccc(-c5ccc(Cl)cc5Cl)o4)ccc3o2)cc1Cl. The summed E-state index contributed by atoms with van der Waals surface area (Å²) in [4.78, 5) is 17.2. The second-order valence-corrected chi connectivity index (χ2v) is 8.54. The van der Waals surface area contributed by atoms with Crippen molar-refractivity contribution in [2.75, 3.05) is 12.4 Å². The van der Waals surface area contributed by atoms with Crippen molar-refractivity contribution in [3.63, 3.8) is 0 Å². The lowest BCUT2D eigenvalue weighted by Crippen LogP contribution is -2.10. The van der Waals surface area contributed by atoms with Crippen molar-refractivity contribution in [2.45, 2.75) is 0 Å². The van der Waals surface area contributed by atoms with Gasteiger partial charge < -0.3 is 18.9 Å². The largest absolute Gasteiger partial charge is 0.495 e. The number of halogens is 3. The van der Waals surface area contributed by atoms with Gasteiger partial charge in [0.25, 0.3) is 5.91 Å². The molecular weight excluding hydrogens is 499 g/mol. The van der Waals surface area contributed by atoms with E-state index in [9.17, 15) is 4.79 Å². The number of nitrogens with one attached hydrogen (secondary N) is 1. The Morgan fingerprint density at radius 2 is 1.76 bits per heavy atom. The van der Waals surface area contributed by atoms with Crippen LogP contribution in [0.5, 0.6) is 5.75 Å². The Kier molecular flexibility index (Phi) is 5.96. The van der Waals surface area contributed by atoms with Crippen molar-refractivity contribution in [2.24, 2.45) is 0 Å². The molecule has 3 aromatic carbocycles. The molecule has 34 heavy (non-hydrogen) atoms. The molecule has 0 saturated carbocycles. The van der Waals surface area contributed by atoms with Gasteiger partial charge in [-0.3, -0.25) is 4.79 Å². The van der Waals surface area contributed by atoms with Crippen LogP contribution in [0.25, 0.3) is 33.9 Å². The molecule has 5 aromatic rings. The van der Waals surface area contributed by atoms with Crippen LogP contribution in [0.3, 0.4) is 0 Å². The summed E-state index contributed by atoms with van der Waals surface area (Å²) >= 11 is 18.4. The van der Waals surface area contributed by atoms with Gasteiger partial charge in [0, 0.05) is 21.8 Å². The Balaban J connectivity index is 1.36. The highest BCUT2D eigenvalue weighted by Crippen LogP contribution is 2.33. The van der Waals surface area contributed by atoms with Gasteiger partial charge in [0.05, 0.1) is 17.2 Å². The van der Waals surface area contributed by atoms with Crippen molar-refractivity contribution < 1.29 is 18.4 Å². The zero-order chi connectivity index (χ0) is 23.8. The predicted octanol–water partition coefficient (Wildman–Crippen LogP) is 7.98. The number of fused-ring (bicyclic) bond motifs is 1. The number of aromatic nitrogens is 1. The molecule has 2 heterocycles. The highest BCUT2D eigenvalue weighted by atomic mass is 35.5. The number of anilines is 1. The number of ether oxygens (including phenoxy) is 1. The van der Waals surface area contributed by atoms with Gasteiger partial charge in [-0.2, -0.15) is 0 Å². The van der Waals surface area contributed by atoms with E-state index in [0.717, 1.165) is 0 Å². The minimum absolute atomic E-state index is 0.134. The number of nitrogens with zero attached hydrogens (tertiary/aromatic N) is 1. The monoisotopic (exact) mass is 512 g/mol. The maximum atomic E-state index is 12.7. The van der Waals surface area contributed by atoms with Gasteiger partial charge in [-0.25, -0.2) is 4.98 Å². The van der Waals surface area contributed by atoms with E-state index in [1.807, 2.05) is 0 Å². The van der Waals surface area contributed by atoms with Gasteiger partial charge in [-0.15, -0.1) is 0 Å². The highest BCUT2D eigenvalue weighted by Gasteiger charge is 2.16. The van der Waals surface area contributed by atoms with E-state index in [-0.39, 0.29) is 5.76 Å². The number of rotatable bonds is 5. The smallest absolute Gasteiger partial charge is 0.291 e. The molecule has 0 spiro atoms. The molecule has 0 radical (unpaired) electrons. The molecule has 170 valence electrons. The molecule has 1 N–H and O–H groups in total. The van der Waals surface area contributed by atoms with Crippen molar-refractivity contribution in [1.82, 2.24) is 4.98 Å². The van der Waals surface area contributed by atoms with E-state index in [4.69, 9.17) is 48.4 Å². The zero-order valence-electron chi connectivity index (χ0n) is 17.6. The first kappa shape index (κ1) is 22.3. The van der Waals surface area contributed by atoms with Crippen LogP contribution in [-0.2, 0) is 0 Å². The third-order valence-corrected chi connectivity index (χ3v) is 5.91. The fourth-order valence-electron chi connectivity index (χ4n) is 3.41. The first-order valence-corrected chi connectivity index (χ1v) is 11.2. The van der Waals surface area contributed by atoms with Crippen LogP contribution in [0.2, 0.25) is 15.1 Å². The number of carbonyl (C=O) groups excluding carboxylic acids is 1. The van der Waals surface area contributed by atoms with Crippen molar-refractivity contribution in [1.29, 1.82) is 0 Å². The van der Waals surface area contributed by atoms with Crippen LogP contribution in [0, 0.1) is 0 Å². The molecular formula is C25H15Cl3N2O4. The molecule has 0 bridgehead atoms. The lowest BCUT2D eigenvalue weighted by atomic mass is 10.2. The molecule has 0 aliphatic carbocycles. The summed E-state index contributed by atoms with van der Waals surface area (Å²) in [6, 6.07) is 18.7. The number of carbonyl (C=O) groups is 1. The van der Waals surface area contributed by atoms with Gasteiger partial charge in [-0.05, 0) is 66.7 Å². The molecule has 0 aliphatic heterocycles. The number of oxazole rings is 1. The number of amides is 1. The summed E-state index contributed by atoms with van der Waals surface area (Å²) in [5, 5.41) is 4.20. The second kappa shape index (κ2) is 9.06. The molecule has 1 amide bonds. The average Bonchev–Trinajstić information content (AvgIpc) is 3.46. The summed E-state index contributed by atoms with van der Waals surface area (Å²) in [5.74, 6) is 1.14. The topological polar surface area (TPSA) is 77.5 Å². The Hall–Kier alpha value is -3.45. The predicted molar refractivity (Wildman–Crippen MR) is 133 cm³/mol. The maximum Gasteiger partial charge on any atom is 0.291 e. The lowest BCUT2D eigenvalue weighted by Gasteiger charge is -2.03. The minimum atomic E-state index is -0.415. The van der Waals surface area contributed by atoms with Gasteiger partial charge in [0.15, 0.2) is 11.3 Å². The summed E-state index contributed by atoms with van der Waals surface area (Å²) in [6.45, 7) is 0. The molecule has 0 unspecified atom stereocenters. The zero-order valence-corrected chi connectivity index (χ0v) is 19.8. The third kappa shape index (κ3) is 4.35. The molecule has 2 aromatic heterocycles. The number of furan rings is 1. The van der Waals surface area contributed by atoms with Crippen LogP contribution in [0.15, 0.2) is 75.6 Å². The molecule has 6 nitrogen and oxygen atoms in total. The molecule has 0 aliphatic rings. The van der Waals surface area contributed by atoms with Crippen LogP contribution in [-0.4, -0.2) is 18.0 Å². The quantitative estimate of drug-likeness (QED) is 0.258. The Morgan fingerprint density at radius 1 is 0.912 bits per heavy atom. The fraction of sp³-hybridized carbons (Fsp3) is 0.0400. The van der Waals surface area contributed by atoms with E-state index in [1.54, 1.807) is 73.8 Å². The van der Waals surface area contributed by atoms with Crippen molar-refractivity contribution in [3.8, 4) is 28.5 Å². The van der Waals surface area contributed by atoms with E-state index in [2.05, 4.69) is 10.3 Å². The molecule has 0 saturated heterocycles. The maximum absolute atomic E-state index is 12.7. The Labute approximate surface area is 209 Å². The summed E-state index contributed by atoms with van der Waals surface area (Å²) < 4.78 is 16.7. The first-order valence-electron chi connectivity index (χ1n) is 10.0. The van der Waals surface area contributed by atoms with Gasteiger partial charge in [0.2, 0.25) is 5.89 Å². The minimum Gasteiger partial charge on any atom is -0.495 e.